The summed E-state index contributed by atoms with van der Waals surface area (Å²) in [6, 6.07) is 5.16. The van der Waals surface area contributed by atoms with Gasteiger partial charge in [-0.2, -0.15) is 0 Å². The minimum Gasteiger partial charge on any atom is -0.296 e. The van der Waals surface area contributed by atoms with Crippen molar-refractivity contribution in [2.75, 3.05) is 13.1 Å². The number of rotatable bonds is 2. The zero-order valence-corrected chi connectivity index (χ0v) is 8.31. The van der Waals surface area contributed by atoms with E-state index in [0.717, 1.165) is 6.04 Å². The summed E-state index contributed by atoms with van der Waals surface area (Å²) in [7, 11) is 0. The van der Waals surface area contributed by atoms with E-state index in [0.29, 0.717) is 0 Å². The van der Waals surface area contributed by atoms with E-state index < -0.39 is 0 Å². The smallest absolute Gasteiger partial charge is 0.0441 e. The monoisotopic (exact) mass is 181 g/mol. The summed E-state index contributed by atoms with van der Waals surface area (Å²) in [5.74, 6) is 0. The summed E-state index contributed by atoms with van der Waals surface area (Å²) in [4.78, 5) is 4.13. The number of nitrogens with zero attached hydrogens (tertiary/aromatic N) is 1. The van der Waals surface area contributed by atoms with E-state index in [9.17, 15) is 0 Å². The van der Waals surface area contributed by atoms with Crippen LogP contribution in [0.5, 0.6) is 0 Å². The van der Waals surface area contributed by atoms with E-state index in [1.807, 2.05) is 11.3 Å². The van der Waals surface area contributed by atoms with Crippen LogP contribution < -0.4 is 0 Å². The van der Waals surface area contributed by atoms with Crippen molar-refractivity contribution in [2.24, 2.45) is 0 Å². The van der Waals surface area contributed by atoms with Gasteiger partial charge in [-0.25, -0.2) is 0 Å². The molecule has 66 valence electrons. The summed E-state index contributed by atoms with van der Waals surface area (Å²) in [6.45, 7) is 4.74. The van der Waals surface area contributed by atoms with Crippen LogP contribution >= 0.6 is 11.3 Å². The van der Waals surface area contributed by atoms with Gasteiger partial charge in [-0.05, 0) is 37.4 Å². The highest BCUT2D eigenvalue weighted by Crippen LogP contribution is 2.33. The molecule has 0 bridgehead atoms. The molecular weight excluding hydrogens is 166 g/mol. The topological polar surface area (TPSA) is 3.24 Å². The molecular formula is C10H15NS. The van der Waals surface area contributed by atoms with Gasteiger partial charge >= 0.3 is 0 Å². The minimum atomic E-state index is 0.731. The van der Waals surface area contributed by atoms with Crippen molar-refractivity contribution in [1.29, 1.82) is 0 Å². The summed E-state index contributed by atoms with van der Waals surface area (Å²) < 4.78 is 0. The van der Waals surface area contributed by atoms with Crippen LogP contribution in [-0.2, 0) is 0 Å². The normalized spacial score (nSPS) is 24.9. The number of likely N-dealkylation sites (tertiary alicyclic amines) is 1. The summed E-state index contributed by atoms with van der Waals surface area (Å²) in [5.41, 5.74) is 0. The quantitative estimate of drug-likeness (QED) is 0.678. The van der Waals surface area contributed by atoms with Gasteiger partial charge in [-0.3, -0.25) is 4.90 Å². The largest absolute Gasteiger partial charge is 0.296 e. The Morgan fingerprint density at radius 1 is 1.67 bits per heavy atom. The highest BCUT2D eigenvalue weighted by molar-refractivity contribution is 7.10. The van der Waals surface area contributed by atoms with Crippen LogP contribution in [-0.4, -0.2) is 18.0 Å². The van der Waals surface area contributed by atoms with Crippen molar-refractivity contribution in [3.05, 3.63) is 22.4 Å². The van der Waals surface area contributed by atoms with E-state index in [2.05, 4.69) is 29.3 Å². The first kappa shape index (κ1) is 8.27. The summed E-state index contributed by atoms with van der Waals surface area (Å²) >= 11 is 1.90. The number of thiophene rings is 1. The van der Waals surface area contributed by atoms with E-state index in [1.165, 1.54) is 25.9 Å². The lowest BCUT2D eigenvalue weighted by Crippen LogP contribution is -2.21. The molecule has 0 aliphatic carbocycles. The molecule has 0 radical (unpaired) electrons. The fourth-order valence-electron chi connectivity index (χ4n) is 2.01. The van der Waals surface area contributed by atoms with Gasteiger partial charge in [0, 0.05) is 10.9 Å². The van der Waals surface area contributed by atoms with Crippen LogP contribution in [0.2, 0.25) is 0 Å². The zero-order valence-electron chi connectivity index (χ0n) is 7.49. The van der Waals surface area contributed by atoms with E-state index in [1.54, 1.807) is 4.88 Å². The fourth-order valence-corrected chi connectivity index (χ4v) is 2.90. The molecule has 1 nitrogen and oxygen atoms in total. The lowest BCUT2D eigenvalue weighted by molar-refractivity contribution is 0.275. The Morgan fingerprint density at radius 2 is 2.58 bits per heavy atom. The second-order valence-electron chi connectivity index (χ2n) is 3.30. The van der Waals surface area contributed by atoms with Gasteiger partial charge < -0.3 is 0 Å². The molecule has 1 aromatic heterocycles. The number of hydrogen-bond donors (Lipinski definition) is 0. The average Bonchev–Trinajstić information content (AvgIpc) is 2.74. The zero-order chi connectivity index (χ0) is 8.39. The molecule has 0 saturated carbocycles. The molecule has 2 heteroatoms. The van der Waals surface area contributed by atoms with Crippen molar-refractivity contribution in [2.45, 2.75) is 25.8 Å². The predicted octanol–water partition coefficient (Wildman–Crippen LogP) is 2.90. The Hall–Kier alpha value is -0.340. The molecule has 1 aromatic rings. The second kappa shape index (κ2) is 3.58. The standard InChI is InChI=1S/C10H15NS/c1-2-11-7-3-5-9(11)10-6-4-8-12-10/h4,6,8-9H,2-3,5,7H2,1H3. The van der Waals surface area contributed by atoms with Gasteiger partial charge in [0.2, 0.25) is 0 Å². The van der Waals surface area contributed by atoms with Gasteiger partial charge in [0.15, 0.2) is 0 Å². The van der Waals surface area contributed by atoms with E-state index >= 15 is 0 Å². The van der Waals surface area contributed by atoms with Crippen molar-refractivity contribution < 1.29 is 0 Å². The minimum absolute atomic E-state index is 0.731. The Kier molecular flexibility index (Phi) is 2.47. The summed E-state index contributed by atoms with van der Waals surface area (Å²) in [6.07, 6.45) is 2.73. The molecule has 2 heterocycles. The van der Waals surface area contributed by atoms with Crippen LogP contribution in [0.25, 0.3) is 0 Å². The lowest BCUT2D eigenvalue weighted by Gasteiger charge is -2.21. The second-order valence-corrected chi connectivity index (χ2v) is 4.28. The Balaban J connectivity index is 2.13. The third-order valence-electron chi connectivity index (χ3n) is 2.64. The highest BCUT2D eigenvalue weighted by atomic mass is 32.1. The predicted molar refractivity (Wildman–Crippen MR) is 53.5 cm³/mol. The Bertz CT molecular complexity index is 230. The third kappa shape index (κ3) is 1.41. The molecule has 1 aliphatic heterocycles. The first-order valence-electron chi connectivity index (χ1n) is 4.69. The third-order valence-corrected chi connectivity index (χ3v) is 3.61. The fraction of sp³-hybridized carbons (Fsp3) is 0.600. The van der Waals surface area contributed by atoms with Gasteiger partial charge in [0.1, 0.15) is 0 Å². The van der Waals surface area contributed by atoms with Crippen molar-refractivity contribution in [1.82, 2.24) is 4.90 Å². The maximum absolute atomic E-state index is 2.58. The molecule has 1 fully saturated rings. The van der Waals surface area contributed by atoms with E-state index in [-0.39, 0.29) is 0 Å². The van der Waals surface area contributed by atoms with Crippen molar-refractivity contribution in [3.8, 4) is 0 Å². The molecule has 0 aromatic carbocycles. The van der Waals surface area contributed by atoms with Gasteiger partial charge in [0.25, 0.3) is 0 Å². The van der Waals surface area contributed by atoms with Gasteiger partial charge in [-0.1, -0.05) is 13.0 Å². The Morgan fingerprint density at radius 3 is 3.25 bits per heavy atom. The first-order chi connectivity index (χ1) is 5.92. The maximum Gasteiger partial charge on any atom is 0.0441 e. The Labute approximate surface area is 78.0 Å². The molecule has 1 unspecified atom stereocenters. The molecule has 2 rings (SSSR count). The molecule has 0 N–H and O–H groups in total. The molecule has 1 saturated heterocycles. The van der Waals surface area contributed by atoms with Crippen molar-refractivity contribution >= 4 is 11.3 Å². The maximum atomic E-state index is 2.58. The number of hydrogen-bond acceptors (Lipinski definition) is 2. The molecule has 1 aliphatic rings. The van der Waals surface area contributed by atoms with E-state index in [4.69, 9.17) is 0 Å². The summed E-state index contributed by atoms with van der Waals surface area (Å²) in [5, 5.41) is 2.18. The van der Waals surface area contributed by atoms with Crippen LogP contribution in [0.15, 0.2) is 17.5 Å². The lowest BCUT2D eigenvalue weighted by atomic mass is 10.2. The SMILES string of the molecule is CCN1CCCC1c1cccs1. The van der Waals surface area contributed by atoms with Crippen LogP contribution in [0.1, 0.15) is 30.7 Å². The van der Waals surface area contributed by atoms with Gasteiger partial charge in [0.05, 0.1) is 0 Å². The average molecular weight is 181 g/mol. The highest BCUT2D eigenvalue weighted by Gasteiger charge is 2.24. The van der Waals surface area contributed by atoms with Crippen LogP contribution in [0.4, 0.5) is 0 Å². The molecule has 1 atom stereocenters. The molecule has 0 spiro atoms. The van der Waals surface area contributed by atoms with Crippen molar-refractivity contribution in [3.63, 3.8) is 0 Å². The van der Waals surface area contributed by atoms with Gasteiger partial charge in [-0.15, -0.1) is 11.3 Å². The molecule has 0 amide bonds. The first-order valence-corrected chi connectivity index (χ1v) is 5.57. The van der Waals surface area contributed by atoms with Crippen LogP contribution in [0.3, 0.4) is 0 Å². The molecule has 12 heavy (non-hydrogen) atoms. The van der Waals surface area contributed by atoms with Crippen LogP contribution in [0, 0.1) is 0 Å².